The van der Waals surface area contributed by atoms with E-state index < -0.39 is 34.4 Å². The van der Waals surface area contributed by atoms with E-state index in [1.807, 2.05) is 35.9 Å². The normalized spacial score (nSPS) is 12.7. The predicted octanol–water partition coefficient (Wildman–Crippen LogP) is 3.00. The fraction of sp³-hybridized carbons (Fsp3) is 0.200. The number of carboxylic acids is 2. The number of sulfonamides is 1. The number of hydrogen-bond acceptors (Lipinski definition) is 5. The molecule has 0 radical (unpaired) electrons. The Morgan fingerprint density at radius 3 is 2.38 bits per heavy atom. The van der Waals surface area contributed by atoms with Crippen LogP contribution in [0.3, 0.4) is 0 Å². The molecule has 1 heterocycles. The Morgan fingerprint density at radius 1 is 1.07 bits per heavy atom. The van der Waals surface area contributed by atoms with Crippen molar-refractivity contribution in [2.45, 2.75) is 30.7 Å². The van der Waals surface area contributed by atoms with Crippen LogP contribution in [0.15, 0.2) is 57.8 Å². The second-order valence-electron chi connectivity index (χ2n) is 6.62. The maximum absolute atomic E-state index is 12.5. The molecule has 0 aliphatic carbocycles. The maximum atomic E-state index is 12.5. The van der Waals surface area contributed by atoms with Gasteiger partial charge in [0.05, 0.1) is 4.90 Å². The average Bonchev–Trinajstić information content (AvgIpc) is 3.08. The summed E-state index contributed by atoms with van der Waals surface area (Å²) in [5.74, 6) is -2.07. The van der Waals surface area contributed by atoms with E-state index in [1.165, 1.54) is 12.1 Å². The number of fused-ring (bicyclic) bond motifs is 1. The standard InChI is InChI=1S/C20H19NO7S/c1-12-2-8-17-14(10-12)11-18(28-17)13-3-5-15(6-4-13)29(26,27)21-16(20(24)25)7-9-19(22)23/h2-6,8,10-11,16,21H,7,9H2,1H3,(H,22,23)(H,24,25)/t16-/m1/s1. The van der Waals surface area contributed by atoms with Crippen LogP contribution in [0.1, 0.15) is 18.4 Å². The number of aryl methyl sites for hydroxylation is 1. The summed E-state index contributed by atoms with van der Waals surface area (Å²) < 4.78 is 32.8. The first-order valence-corrected chi connectivity index (χ1v) is 10.2. The third-order valence-electron chi connectivity index (χ3n) is 4.36. The molecular formula is C20H19NO7S. The molecule has 3 rings (SSSR count). The molecule has 0 amide bonds. The van der Waals surface area contributed by atoms with Crippen LogP contribution in [-0.2, 0) is 19.6 Å². The molecule has 1 atom stereocenters. The molecule has 1 aromatic heterocycles. The lowest BCUT2D eigenvalue weighted by atomic mass is 10.1. The van der Waals surface area contributed by atoms with Gasteiger partial charge in [-0.15, -0.1) is 0 Å². The Bertz CT molecular complexity index is 1160. The van der Waals surface area contributed by atoms with Gasteiger partial charge in [0.1, 0.15) is 17.4 Å². The van der Waals surface area contributed by atoms with Gasteiger partial charge >= 0.3 is 11.9 Å². The van der Waals surface area contributed by atoms with Crippen molar-refractivity contribution in [1.82, 2.24) is 4.72 Å². The second kappa shape index (κ2) is 8.06. The summed E-state index contributed by atoms with van der Waals surface area (Å²) in [5, 5.41) is 18.8. The molecule has 3 aromatic rings. The summed E-state index contributed by atoms with van der Waals surface area (Å²) in [4.78, 5) is 21.7. The topological polar surface area (TPSA) is 134 Å². The molecule has 9 heteroatoms. The number of nitrogens with one attached hydrogen (secondary N) is 1. The first-order chi connectivity index (χ1) is 13.7. The molecule has 0 unspecified atom stereocenters. The molecule has 0 bridgehead atoms. The van der Waals surface area contributed by atoms with E-state index in [1.54, 1.807) is 12.1 Å². The van der Waals surface area contributed by atoms with Gasteiger partial charge in [0, 0.05) is 17.4 Å². The van der Waals surface area contributed by atoms with Crippen molar-refractivity contribution in [2.75, 3.05) is 0 Å². The first-order valence-electron chi connectivity index (χ1n) is 8.73. The highest BCUT2D eigenvalue weighted by Crippen LogP contribution is 2.29. The van der Waals surface area contributed by atoms with Crippen molar-refractivity contribution in [3.63, 3.8) is 0 Å². The molecule has 3 N–H and O–H groups in total. The molecule has 0 saturated heterocycles. The average molecular weight is 417 g/mol. The van der Waals surface area contributed by atoms with Gasteiger partial charge in [0.25, 0.3) is 0 Å². The van der Waals surface area contributed by atoms with Crippen LogP contribution in [0.25, 0.3) is 22.3 Å². The lowest BCUT2D eigenvalue weighted by Gasteiger charge is -2.14. The zero-order chi connectivity index (χ0) is 21.2. The fourth-order valence-corrected chi connectivity index (χ4v) is 4.08. The quantitative estimate of drug-likeness (QED) is 0.513. The SMILES string of the molecule is Cc1ccc2oc(-c3ccc(S(=O)(=O)N[C@H](CCC(=O)O)C(=O)O)cc3)cc2c1. The van der Waals surface area contributed by atoms with Gasteiger partial charge in [-0.05, 0) is 55.8 Å². The third-order valence-corrected chi connectivity index (χ3v) is 5.85. The summed E-state index contributed by atoms with van der Waals surface area (Å²) in [6.45, 7) is 1.97. The Hall–Kier alpha value is -3.17. The lowest BCUT2D eigenvalue weighted by molar-refractivity contribution is -0.140. The van der Waals surface area contributed by atoms with E-state index in [4.69, 9.17) is 14.6 Å². The minimum absolute atomic E-state index is 0.130. The highest BCUT2D eigenvalue weighted by Gasteiger charge is 2.26. The highest BCUT2D eigenvalue weighted by atomic mass is 32.2. The van der Waals surface area contributed by atoms with Crippen molar-refractivity contribution in [3.05, 3.63) is 54.1 Å². The number of furan rings is 1. The van der Waals surface area contributed by atoms with Crippen molar-refractivity contribution >= 4 is 32.9 Å². The summed E-state index contributed by atoms with van der Waals surface area (Å²) in [6.07, 6.45) is -0.829. The van der Waals surface area contributed by atoms with E-state index in [0.717, 1.165) is 10.9 Å². The fourth-order valence-electron chi connectivity index (χ4n) is 2.86. The lowest BCUT2D eigenvalue weighted by Crippen LogP contribution is -2.41. The molecule has 0 spiro atoms. The van der Waals surface area contributed by atoms with Crippen molar-refractivity contribution in [2.24, 2.45) is 0 Å². The Kier molecular flexibility index (Phi) is 5.71. The number of benzene rings is 2. The van der Waals surface area contributed by atoms with Crippen molar-refractivity contribution in [1.29, 1.82) is 0 Å². The van der Waals surface area contributed by atoms with Gasteiger partial charge in [-0.3, -0.25) is 9.59 Å². The maximum Gasteiger partial charge on any atom is 0.321 e. The Balaban J connectivity index is 1.81. The molecule has 2 aromatic carbocycles. The van der Waals surface area contributed by atoms with Gasteiger partial charge in [0.15, 0.2) is 0 Å². The van der Waals surface area contributed by atoms with Crippen molar-refractivity contribution in [3.8, 4) is 11.3 Å². The summed E-state index contributed by atoms with van der Waals surface area (Å²) in [6, 6.07) is 11.9. The van der Waals surface area contributed by atoms with E-state index in [9.17, 15) is 18.0 Å². The van der Waals surface area contributed by atoms with Gasteiger partial charge in [-0.2, -0.15) is 4.72 Å². The number of carbonyl (C=O) groups is 2. The third kappa shape index (κ3) is 4.82. The molecule has 152 valence electrons. The largest absolute Gasteiger partial charge is 0.481 e. The number of rotatable bonds is 8. The van der Waals surface area contributed by atoms with Gasteiger partial charge < -0.3 is 14.6 Å². The van der Waals surface area contributed by atoms with Crippen LogP contribution in [0.2, 0.25) is 0 Å². The van der Waals surface area contributed by atoms with Crippen LogP contribution in [0, 0.1) is 6.92 Å². The minimum Gasteiger partial charge on any atom is -0.481 e. The molecular weight excluding hydrogens is 398 g/mol. The van der Waals surface area contributed by atoms with Crippen LogP contribution in [-0.4, -0.2) is 36.6 Å². The molecule has 0 aliphatic heterocycles. The number of aliphatic carboxylic acids is 2. The zero-order valence-corrected chi connectivity index (χ0v) is 16.3. The van der Waals surface area contributed by atoms with Crippen LogP contribution < -0.4 is 4.72 Å². The van der Waals surface area contributed by atoms with E-state index >= 15 is 0 Å². The first kappa shape index (κ1) is 20.6. The summed E-state index contributed by atoms with van der Waals surface area (Å²) >= 11 is 0. The number of carboxylic acid groups (broad SMARTS) is 2. The molecule has 0 fully saturated rings. The van der Waals surface area contributed by atoms with Crippen LogP contribution in [0.5, 0.6) is 0 Å². The Morgan fingerprint density at radius 2 is 1.76 bits per heavy atom. The van der Waals surface area contributed by atoms with E-state index in [2.05, 4.69) is 0 Å². The second-order valence-corrected chi connectivity index (χ2v) is 8.33. The highest BCUT2D eigenvalue weighted by molar-refractivity contribution is 7.89. The minimum atomic E-state index is -4.14. The van der Waals surface area contributed by atoms with Crippen LogP contribution in [0.4, 0.5) is 0 Å². The van der Waals surface area contributed by atoms with Crippen molar-refractivity contribution < 1.29 is 32.6 Å². The molecule has 29 heavy (non-hydrogen) atoms. The zero-order valence-electron chi connectivity index (χ0n) is 15.5. The van der Waals surface area contributed by atoms with Gasteiger partial charge in [-0.25, -0.2) is 8.42 Å². The Labute approximate surface area is 166 Å². The monoisotopic (exact) mass is 417 g/mol. The molecule has 0 saturated carbocycles. The van der Waals surface area contributed by atoms with E-state index in [-0.39, 0.29) is 11.3 Å². The summed E-state index contributed by atoms with van der Waals surface area (Å²) in [5.41, 5.74) is 2.47. The number of hydrogen-bond donors (Lipinski definition) is 3. The molecule has 0 aliphatic rings. The van der Waals surface area contributed by atoms with Gasteiger partial charge in [-0.1, -0.05) is 11.6 Å². The smallest absolute Gasteiger partial charge is 0.321 e. The molecule has 8 nitrogen and oxygen atoms in total. The van der Waals surface area contributed by atoms with E-state index in [0.29, 0.717) is 16.9 Å². The predicted molar refractivity (Wildman–Crippen MR) is 105 cm³/mol. The van der Waals surface area contributed by atoms with Gasteiger partial charge in [0.2, 0.25) is 10.0 Å². The summed E-state index contributed by atoms with van der Waals surface area (Å²) in [7, 11) is -4.14. The van der Waals surface area contributed by atoms with Crippen LogP contribution >= 0.6 is 0 Å².